The zero-order valence-electron chi connectivity index (χ0n) is 19.8. The van der Waals surface area contributed by atoms with Gasteiger partial charge < -0.3 is 14.8 Å². The molecule has 7 nitrogen and oxygen atoms in total. The summed E-state index contributed by atoms with van der Waals surface area (Å²) in [6, 6.07) is 20.2. The first-order valence-corrected chi connectivity index (χ1v) is 12.4. The van der Waals surface area contributed by atoms with E-state index in [4.69, 9.17) is 9.47 Å². The number of benzene rings is 3. The highest BCUT2D eigenvalue weighted by Gasteiger charge is 2.19. The molecule has 0 aliphatic rings. The molecule has 3 rings (SSSR count). The molecule has 0 aromatic heterocycles. The first-order valence-electron chi connectivity index (χ1n) is 11.0. The molecule has 0 radical (unpaired) electrons. The van der Waals surface area contributed by atoms with E-state index in [0.717, 1.165) is 5.56 Å². The van der Waals surface area contributed by atoms with Crippen LogP contribution in [0.3, 0.4) is 0 Å². The van der Waals surface area contributed by atoms with Crippen LogP contribution in [0.1, 0.15) is 33.3 Å². The minimum atomic E-state index is -3.78. The summed E-state index contributed by atoms with van der Waals surface area (Å²) >= 11 is 0. The molecule has 0 unspecified atom stereocenters. The van der Waals surface area contributed by atoms with Gasteiger partial charge in [0.05, 0.1) is 11.5 Å². The summed E-state index contributed by atoms with van der Waals surface area (Å²) in [6.07, 6.45) is 0. The third-order valence-corrected chi connectivity index (χ3v) is 6.32. The number of carbonyl (C=O) groups excluding carboxylic acids is 1. The number of anilines is 2. The molecule has 180 valence electrons. The van der Waals surface area contributed by atoms with E-state index in [9.17, 15) is 13.2 Å². The summed E-state index contributed by atoms with van der Waals surface area (Å²) in [6.45, 7) is 8.49. The number of ether oxygens (including phenoxy) is 2. The fourth-order valence-electron chi connectivity index (χ4n) is 3.27. The smallest absolute Gasteiger partial charge is 0.262 e. The van der Waals surface area contributed by atoms with E-state index in [-0.39, 0.29) is 22.8 Å². The number of rotatable bonds is 9. The molecule has 3 aromatic carbocycles. The van der Waals surface area contributed by atoms with Gasteiger partial charge in [-0.3, -0.25) is 9.52 Å². The minimum absolute atomic E-state index is 0.0785. The van der Waals surface area contributed by atoms with Crippen LogP contribution in [-0.2, 0) is 20.2 Å². The third kappa shape index (κ3) is 6.74. The first-order chi connectivity index (χ1) is 16.1. The number of hydrogen-bond acceptors (Lipinski definition) is 5. The molecule has 8 heteroatoms. The molecule has 0 atom stereocenters. The predicted molar refractivity (Wildman–Crippen MR) is 134 cm³/mol. The van der Waals surface area contributed by atoms with Gasteiger partial charge in [-0.05, 0) is 72.5 Å². The summed E-state index contributed by atoms with van der Waals surface area (Å²) in [4.78, 5) is 12.4. The van der Waals surface area contributed by atoms with Crippen LogP contribution in [0.2, 0.25) is 0 Å². The van der Waals surface area contributed by atoms with E-state index in [1.165, 1.54) is 24.3 Å². The maximum atomic E-state index is 12.7. The lowest BCUT2D eigenvalue weighted by Crippen LogP contribution is -2.22. The zero-order chi connectivity index (χ0) is 24.8. The molecular weight excluding hydrogens is 452 g/mol. The molecule has 0 heterocycles. The number of nitrogens with one attached hydrogen (secondary N) is 2. The van der Waals surface area contributed by atoms with E-state index in [0.29, 0.717) is 29.5 Å². The standard InChI is InChI=1S/C26H30N2O5S/c1-5-32-21-14-10-20(11-15-21)28-34(30,31)22-16-12-19(13-17-22)27-25(29)18-33-24-9-7-6-8-23(24)26(2,3)4/h6-17,28H,5,18H2,1-4H3,(H,27,29). The maximum Gasteiger partial charge on any atom is 0.262 e. The normalized spacial score (nSPS) is 11.5. The Bertz CT molecular complexity index is 1220. The lowest BCUT2D eigenvalue weighted by molar-refractivity contribution is -0.118. The van der Waals surface area contributed by atoms with Gasteiger partial charge in [-0.25, -0.2) is 8.42 Å². The molecule has 0 aliphatic carbocycles. The maximum absolute atomic E-state index is 12.7. The molecule has 0 bridgehead atoms. The van der Waals surface area contributed by atoms with Gasteiger partial charge >= 0.3 is 0 Å². The molecule has 1 amide bonds. The molecule has 2 N–H and O–H groups in total. The summed E-state index contributed by atoms with van der Waals surface area (Å²) in [5.41, 5.74) is 1.79. The van der Waals surface area contributed by atoms with Crippen molar-refractivity contribution in [1.29, 1.82) is 0 Å². The molecule has 34 heavy (non-hydrogen) atoms. The zero-order valence-corrected chi connectivity index (χ0v) is 20.6. The van der Waals surface area contributed by atoms with Crippen LogP contribution < -0.4 is 19.5 Å². The second-order valence-corrected chi connectivity index (χ2v) is 10.4. The highest BCUT2D eigenvalue weighted by molar-refractivity contribution is 7.92. The Hall–Kier alpha value is -3.52. The lowest BCUT2D eigenvalue weighted by atomic mass is 9.86. The number of para-hydroxylation sites is 1. The van der Waals surface area contributed by atoms with Gasteiger partial charge in [0.1, 0.15) is 11.5 Å². The SMILES string of the molecule is CCOc1ccc(NS(=O)(=O)c2ccc(NC(=O)COc3ccccc3C(C)(C)C)cc2)cc1. The van der Waals surface area contributed by atoms with Crippen LogP contribution in [0.15, 0.2) is 77.7 Å². The minimum Gasteiger partial charge on any atom is -0.494 e. The van der Waals surface area contributed by atoms with Gasteiger partial charge in [0.25, 0.3) is 15.9 Å². The van der Waals surface area contributed by atoms with Crippen LogP contribution >= 0.6 is 0 Å². The Kier molecular flexibility index (Phi) is 7.83. The van der Waals surface area contributed by atoms with Crippen molar-refractivity contribution in [2.24, 2.45) is 0 Å². The Balaban J connectivity index is 1.59. The van der Waals surface area contributed by atoms with Gasteiger partial charge in [0.15, 0.2) is 6.61 Å². The van der Waals surface area contributed by atoms with Crippen molar-refractivity contribution in [2.45, 2.75) is 38.0 Å². The van der Waals surface area contributed by atoms with E-state index in [1.54, 1.807) is 24.3 Å². The number of sulfonamides is 1. The van der Waals surface area contributed by atoms with Crippen molar-refractivity contribution >= 4 is 27.3 Å². The summed E-state index contributed by atoms with van der Waals surface area (Å²) in [5, 5.41) is 2.72. The Labute approximate surface area is 201 Å². The Morgan fingerprint density at radius 2 is 1.47 bits per heavy atom. The van der Waals surface area contributed by atoms with Crippen LogP contribution in [0.25, 0.3) is 0 Å². The number of amides is 1. The molecule has 0 spiro atoms. The lowest BCUT2D eigenvalue weighted by Gasteiger charge is -2.22. The van der Waals surface area contributed by atoms with Crippen molar-refractivity contribution in [1.82, 2.24) is 0 Å². The highest BCUT2D eigenvalue weighted by atomic mass is 32.2. The molecular formula is C26H30N2O5S. The van der Waals surface area contributed by atoms with E-state index >= 15 is 0 Å². The van der Waals surface area contributed by atoms with Crippen molar-refractivity contribution in [3.63, 3.8) is 0 Å². The van der Waals surface area contributed by atoms with E-state index in [2.05, 4.69) is 30.8 Å². The summed E-state index contributed by atoms with van der Waals surface area (Å²) in [5.74, 6) is 0.982. The second-order valence-electron chi connectivity index (χ2n) is 8.67. The van der Waals surface area contributed by atoms with Crippen molar-refractivity contribution < 1.29 is 22.7 Å². The van der Waals surface area contributed by atoms with Crippen LogP contribution in [0.5, 0.6) is 11.5 Å². The van der Waals surface area contributed by atoms with Crippen molar-refractivity contribution in [2.75, 3.05) is 23.3 Å². The van der Waals surface area contributed by atoms with Crippen LogP contribution in [0, 0.1) is 0 Å². The van der Waals surface area contributed by atoms with E-state index < -0.39 is 10.0 Å². The quantitative estimate of drug-likeness (QED) is 0.437. The second kappa shape index (κ2) is 10.6. The van der Waals surface area contributed by atoms with Crippen molar-refractivity contribution in [3.8, 4) is 11.5 Å². The Morgan fingerprint density at radius 1 is 0.853 bits per heavy atom. The first kappa shape index (κ1) is 25.1. The summed E-state index contributed by atoms with van der Waals surface area (Å²) in [7, 11) is -3.78. The number of hydrogen-bond donors (Lipinski definition) is 2. The van der Waals surface area contributed by atoms with Gasteiger partial charge in [0.2, 0.25) is 0 Å². The predicted octanol–water partition coefficient (Wildman–Crippen LogP) is 5.20. The number of carbonyl (C=O) groups is 1. The van der Waals surface area contributed by atoms with Crippen LogP contribution in [-0.4, -0.2) is 27.5 Å². The fraction of sp³-hybridized carbons (Fsp3) is 0.269. The Morgan fingerprint density at radius 3 is 2.09 bits per heavy atom. The van der Waals surface area contributed by atoms with Gasteiger partial charge in [0, 0.05) is 11.4 Å². The van der Waals surface area contributed by atoms with E-state index in [1.807, 2.05) is 31.2 Å². The largest absolute Gasteiger partial charge is 0.494 e. The molecule has 3 aromatic rings. The third-order valence-electron chi connectivity index (χ3n) is 4.92. The molecule has 0 saturated carbocycles. The van der Waals surface area contributed by atoms with Gasteiger partial charge in [-0.1, -0.05) is 39.0 Å². The topological polar surface area (TPSA) is 93.7 Å². The molecule has 0 saturated heterocycles. The van der Waals surface area contributed by atoms with Gasteiger partial charge in [-0.2, -0.15) is 0 Å². The average Bonchev–Trinajstić information content (AvgIpc) is 2.79. The monoisotopic (exact) mass is 482 g/mol. The van der Waals surface area contributed by atoms with Gasteiger partial charge in [-0.15, -0.1) is 0 Å². The average molecular weight is 483 g/mol. The highest BCUT2D eigenvalue weighted by Crippen LogP contribution is 2.31. The van der Waals surface area contributed by atoms with Crippen LogP contribution in [0.4, 0.5) is 11.4 Å². The molecule has 0 aliphatic heterocycles. The molecule has 0 fully saturated rings. The fourth-order valence-corrected chi connectivity index (χ4v) is 4.33. The van der Waals surface area contributed by atoms with Crippen molar-refractivity contribution in [3.05, 3.63) is 78.4 Å². The summed E-state index contributed by atoms with van der Waals surface area (Å²) < 4.78 is 39.0.